The molecule has 0 atom stereocenters. The fourth-order valence-corrected chi connectivity index (χ4v) is 2.79. The van der Waals surface area contributed by atoms with Gasteiger partial charge in [0.2, 0.25) is 0 Å². The van der Waals surface area contributed by atoms with Gasteiger partial charge in [0, 0.05) is 5.56 Å². The van der Waals surface area contributed by atoms with Crippen LogP contribution in [0.2, 0.25) is 0 Å². The van der Waals surface area contributed by atoms with Crippen LogP contribution in [-0.4, -0.2) is 10.2 Å². The van der Waals surface area contributed by atoms with Crippen molar-refractivity contribution in [2.24, 2.45) is 0 Å². The van der Waals surface area contributed by atoms with Crippen LogP contribution in [0.5, 0.6) is 0 Å². The van der Waals surface area contributed by atoms with Gasteiger partial charge in [0.15, 0.2) is 0 Å². The van der Waals surface area contributed by atoms with Crippen LogP contribution in [0.3, 0.4) is 0 Å². The third-order valence-corrected chi connectivity index (χ3v) is 3.92. The number of hydrogen-bond donors (Lipinski definition) is 1. The summed E-state index contributed by atoms with van der Waals surface area (Å²) in [6.45, 7) is 0. The molecule has 1 heterocycles. The second kappa shape index (κ2) is 4.84. The third-order valence-electron chi connectivity index (χ3n) is 3.92. The Labute approximate surface area is 129 Å². The van der Waals surface area contributed by atoms with Gasteiger partial charge in [0.25, 0.3) is 0 Å². The van der Waals surface area contributed by atoms with Crippen LogP contribution in [0.1, 0.15) is 5.69 Å². The summed E-state index contributed by atoms with van der Waals surface area (Å²) in [5.74, 6) is 0. The molecule has 3 aromatic carbocycles. The van der Waals surface area contributed by atoms with Crippen molar-refractivity contribution in [3.63, 3.8) is 0 Å². The monoisotopic (exact) mass is 312 g/mol. The van der Waals surface area contributed by atoms with E-state index in [1.54, 1.807) is 6.07 Å². The Morgan fingerprint density at radius 1 is 0.783 bits per heavy atom. The van der Waals surface area contributed by atoms with Gasteiger partial charge in [-0.05, 0) is 33.7 Å². The Bertz CT molecular complexity index is 1020. The van der Waals surface area contributed by atoms with Crippen molar-refractivity contribution in [2.45, 2.75) is 6.18 Å². The molecule has 0 aliphatic carbocycles. The van der Waals surface area contributed by atoms with Gasteiger partial charge in [-0.1, -0.05) is 48.5 Å². The lowest BCUT2D eigenvalue weighted by Gasteiger charge is -2.05. The minimum Gasteiger partial charge on any atom is -0.273 e. The van der Waals surface area contributed by atoms with Crippen LogP contribution in [0.4, 0.5) is 13.2 Å². The first-order valence-electron chi connectivity index (χ1n) is 7.07. The number of aromatic amines is 1. The maximum atomic E-state index is 12.7. The minimum atomic E-state index is -4.42. The number of nitrogens with one attached hydrogen (secondary N) is 1. The Morgan fingerprint density at radius 3 is 2.30 bits per heavy atom. The first-order chi connectivity index (χ1) is 11.0. The second-order valence-electron chi connectivity index (χ2n) is 5.39. The van der Waals surface area contributed by atoms with Gasteiger partial charge in [-0.15, -0.1) is 0 Å². The molecule has 0 fully saturated rings. The molecule has 114 valence electrons. The standard InChI is InChI=1S/C18H11F3N2/c19-18(20,21)17-10-16(22-23-17)13-7-8-15-12(9-13)6-5-11-3-1-2-4-14(11)15/h1-10H,(H,22,23). The van der Waals surface area contributed by atoms with Gasteiger partial charge in [-0.25, -0.2) is 0 Å². The van der Waals surface area contributed by atoms with E-state index >= 15 is 0 Å². The molecule has 0 saturated carbocycles. The highest BCUT2D eigenvalue weighted by atomic mass is 19.4. The molecular weight excluding hydrogens is 301 g/mol. The molecule has 1 aromatic heterocycles. The van der Waals surface area contributed by atoms with E-state index in [2.05, 4.69) is 5.10 Å². The van der Waals surface area contributed by atoms with Crippen molar-refractivity contribution in [3.8, 4) is 11.3 Å². The molecule has 23 heavy (non-hydrogen) atoms. The van der Waals surface area contributed by atoms with Gasteiger partial charge in [-0.3, -0.25) is 5.10 Å². The van der Waals surface area contributed by atoms with Crippen LogP contribution >= 0.6 is 0 Å². The average molecular weight is 312 g/mol. The molecule has 0 amide bonds. The Hall–Kier alpha value is -2.82. The number of hydrogen-bond acceptors (Lipinski definition) is 1. The number of fused-ring (bicyclic) bond motifs is 3. The van der Waals surface area contributed by atoms with Crippen LogP contribution in [0.15, 0.2) is 60.7 Å². The van der Waals surface area contributed by atoms with Crippen molar-refractivity contribution in [3.05, 3.63) is 66.4 Å². The van der Waals surface area contributed by atoms with E-state index in [4.69, 9.17) is 0 Å². The molecule has 4 aromatic rings. The van der Waals surface area contributed by atoms with Gasteiger partial charge < -0.3 is 0 Å². The second-order valence-corrected chi connectivity index (χ2v) is 5.39. The third kappa shape index (κ3) is 2.34. The number of aromatic nitrogens is 2. The van der Waals surface area contributed by atoms with E-state index in [1.807, 2.05) is 53.6 Å². The fraction of sp³-hybridized carbons (Fsp3) is 0.0556. The first-order valence-corrected chi connectivity index (χ1v) is 7.07. The van der Waals surface area contributed by atoms with Crippen molar-refractivity contribution >= 4 is 21.5 Å². The van der Waals surface area contributed by atoms with Gasteiger partial charge >= 0.3 is 6.18 Å². The summed E-state index contributed by atoms with van der Waals surface area (Å²) < 4.78 is 38.0. The summed E-state index contributed by atoms with van der Waals surface area (Å²) >= 11 is 0. The number of benzene rings is 3. The highest BCUT2D eigenvalue weighted by Gasteiger charge is 2.33. The van der Waals surface area contributed by atoms with Crippen molar-refractivity contribution in [1.29, 1.82) is 0 Å². The van der Waals surface area contributed by atoms with Gasteiger partial charge in [-0.2, -0.15) is 18.3 Å². The zero-order valence-electron chi connectivity index (χ0n) is 11.9. The van der Waals surface area contributed by atoms with Crippen molar-refractivity contribution < 1.29 is 13.2 Å². The zero-order chi connectivity index (χ0) is 16.0. The fourth-order valence-electron chi connectivity index (χ4n) is 2.79. The Kier molecular flexibility index (Phi) is 2.91. The maximum Gasteiger partial charge on any atom is 0.432 e. The lowest BCUT2D eigenvalue weighted by molar-refractivity contribution is -0.141. The largest absolute Gasteiger partial charge is 0.432 e. The molecule has 0 unspecified atom stereocenters. The van der Waals surface area contributed by atoms with E-state index in [-0.39, 0.29) is 5.69 Å². The van der Waals surface area contributed by atoms with Crippen LogP contribution in [0, 0.1) is 0 Å². The highest BCUT2D eigenvalue weighted by Crippen LogP contribution is 2.32. The number of halogens is 3. The van der Waals surface area contributed by atoms with E-state index < -0.39 is 11.9 Å². The number of rotatable bonds is 1. The SMILES string of the molecule is FC(F)(F)c1cc(-c2ccc3c(ccc4ccccc43)c2)n[nH]1. The molecule has 0 aliphatic rings. The van der Waals surface area contributed by atoms with Gasteiger partial charge in [0.05, 0.1) is 5.69 Å². The van der Waals surface area contributed by atoms with Crippen LogP contribution in [0.25, 0.3) is 32.8 Å². The van der Waals surface area contributed by atoms with E-state index in [0.717, 1.165) is 27.6 Å². The predicted octanol–water partition coefficient (Wildman–Crippen LogP) is 5.40. The van der Waals surface area contributed by atoms with E-state index in [1.165, 1.54) is 0 Å². The number of H-pyrrole nitrogens is 1. The van der Waals surface area contributed by atoms with Crippen molar-refractivity contribution in [1.82, 2.24) is 10.2 Å². The van der Waals surface area contributed by atoms with Crippen LogP contribution in [-0.2, 0) is 6.18 Å². The topological polar surface area (TPSA) is 28.7 Å². The highest BCUT2D eigenvalue weighted by molar-refractivity contribution is 6.08. The molecule has 5 heteroatoms. The summed E-state index contributed by atoms with van der Waals surface area (Å²) in [7, 11) is 0. The summed E-state index contributed by atoms with van der Waals surface area (Å²) in [6, 6.07) is 18.6. The molecule has 0 radical (unpaired) electrons. The first kappa shape index (κ1) is 13.8. The Balaban J connectivity index is 1.86. The average Bonchev–Trinajstić information content (AvgIpc) is 3.04. The lowest BCUT2D eigenvalue weighted by atomic mass is 9.99. The quantitative estimate of drug-likeness (QED) is 0.468. The molecule has 2 nitrogen and oxygen atoms in total. The number of alkyl halides is 3. The molecule has 4 rings (SSSR count). The predicted molar refractivity (Wildman–Crippen MR) is 84.0 cm³/mol. The molecule has 0 saturated heterocycles. The molecule has 0 bridgehead atoms. The minimum absolute atomic E-state index is 0.285. The van der Waals surface area contributed by atoms with Crippen molar-refractivity contribution in [2.75, 3.05) is 0 Å². The zero-order valence-corrected chi connectivity index (χ0v) is 11.9. The maximum absolute atomic E-state index is 12.7. The summed E-state index contributed by atoms with van der Waals surface area (Å²) in [4.78, 5) is 0. The van der Waals surface area contributed by atoms with E-state index in [0.29, 0.717) is 5.56 Å². The molecule has 1 N–H and O–H groups in total. The van der Waals surface area contributed by atoms with E-state index in [9.17, 15) is 13.2 Å². The smallest absolute Gasteiger partial charge is 0.273 e. The normalized spacial score (nSPS) is 12.1. The van der Waals surface area contributed by atoms with Crippen LogP contribution < -0.4 is 0 Å². The molecular formula is C18H11F3N2. The molecule has 0 spiro atoms. The Morgan fingerprint density at radius 2 is 1.52 bits per heavy atom. The van der Waals surface area contributed by atoms with Gasteiger partial charge in [0.1, 0.15) is 5.69 Å². The number of nitrogens with zero attached hydrogens (tertiary/aromatic N) is 1. The summed E-state index contributed by atoms with van der Waals surface area (Å²) in [6.07, 6.45) is -4.42. The summed E-state index contributed by atoms with van der Waals surface area (Å²) in [5, 5.41) is 10.1. The lowest BCUT2D eigenvalue weighted by Crippen LogP contribution is -2.04. The molecule has 0 aliphatic heterocycles. The summed E-state index contributed by atoms with van der Waals surface area (Å²) in [5.41, 5.74) is 0.0954.